The Bertz CT molecular complexity index is 575. The van der Waals surface area contributed by atoms with Crippen LogP contribution in [-0.2, 0) is 6.42 Å². The molecule has 0 saturated carbocycles. The quantitative estimate of drug-likeness (QED) is 0.499. The molecule has 0 spiro atoms. The molecule has 98 valence electrons. The highest BCUT2D eigenvalue weighted by Crippen LogP contribution is 2.23. The van der Waals surface area contributed by atoms with Crippen molar-refractivity contribution < 1.29 is 4.92 Å². The lowest BCUT2D eigenvalue weighted by atomic mass is 10.2. The predicted octanol–water partition coefficient (Wildman–Crippen LogP) is 3.25. The monoisotopic (exact) mass is 369 g/mol. The highest BCUT2D eigenvalue weighted by Gasteiger charge is 2.08. The zero-order valence-electron chi connectivity index (χ0n) is 10.0. The minimum Gasteiger partial charge on any atom is -0.384 e. The standard InChI is InChI=1S/C13H12IN3O2/c14-12-8-11(17(18)19)3-4-13(12)16-7-5-10-2-1-6-15-9-10/h1-4,6,8-9,16H,5,7H2. The molecule has 2 rings (SSSR count). The smallest absolute Gasteiger partial charge is 0.270 e. The number of non-ortho nitro benzene ring substituents is 1. The third kappa shape index (κ3) is 3.88. The van der Waals surface area contributed by atoms with Gasteiger partial charge in [0.25, 0.3) is 5.69 Å². The number of pyridine rings is 1. The maximum atomic E-state index is 10.6. The van der Waals surface area contributed by atoms with Crippen LogP contribution in [0.15, 0.2) is 42.7 Å². The molecule has 0 radical (unpaired) electrons. The van der Waals surface area contributed by atoms with E-state index in [0.29, 0.717) is 0 Å². The number of nitro groups is 1. The Morgan fingerprint density at radius 3 is 2.84 bits per heavy atom. The third-order valence-corrected chi connectivity index (χ3v) is 3.51. The predicted molar refractivity (Wildman–Crippen MR) is 82.2 cm³/mol. The number of rotatable bonds is 5. The van der Waals surface area contributed by atoms with Crippen molar-refractivity contribution in [1.29, 1.82) is 0 Å². The Kier molecular flexibility index (Phi) is 4.67. The van der Waals surface area contributed by atoms with Crippen LogP contribution in [0, 0.1) is 13.7 Å². The van der Waals surface area contributed by atoms with Gasteiger partial charge in [-0.3, -0.25) is 15.1 Å². The van der Waals surface area contributed by atoms with Crippen LogP contribution in [-0.4, -0.2) is 16.5 Å². The van der Waals surface area contributed by atoms with Crippen LogP contribution in [0.1, 0.15) is 5.56 Å². The second-order valence-corrected chi connectivity index (χ2v) is 5.12. The van der Waals surface area contributed by atoms with Crippen LogP contribution in [0.25, 0.3) is 0 Å². The first-order chi connectivity index (χ1) is 9.16. The molecule has 1 N–H and O–H groups in total. The van der Waals surface area contributed by atoms with Crippen LogP contribution < -0.4 is 5.32 Å². The van der Waals surface area contributed by atoms with Gasteiger partial charge in [0.1, 0.15) is 0 Å². The molecule has 1 aromatic heterocycles. The fourth-order valence-electron chi connectivity index (χ4n) is 1.65. The van der Waals surface area contributed by atoms with E-state index in [1.165, 1.54) is 6.07 Å². The molecule has 6 heteroatoms. The maximum absolute atomic E-state index is 10.6. The maximum Gasteiger partial charge on any atom is 0.270 e. The van der Waals surface area contributed by atoms with E-state index in [1.54, 1.807) is 18.3 Å². The molecular weight excluding hydrogens is 357 g/mol. The van der Waals surface area contributed by atoms with E-state index in [9.17, 15) is 10.1 Å². The molecule has 0 aliphatic rings. The number of hydrogen-bond donors (Lipinski definition) is 1. The second kappa shape index (κ2) is 6.46. The van der Waals surface area contributed by atoms with Gasteiger partial charge in [-0.2, -0.15) is 0 Å². The summed E-state index contributed by atoms with van der Waals surface area (Å²) >= 11 is 2.09. The van der Waals surface area contributed by atoms with Gasteiger partial charge in [0.15, 0.2) is 0 Å². The molecule has 0 unspecified atom stereocenters. The molecule has 0 aliphatic carbocycles. The first-order valence-corrected chi connectivity index (χ1v) is 6.81. The van der Waals surface area contributed by atoms with Gasteiger partial charge in [-0.1, -0.05) is 6.07 Å². The molecule has 0 atom stereocenters. The van der Waals surface area contributed by atoms with E-state index in [1.807, 2.05) is 18.3 Å². The Morgan fingerprint density at radius 2 is 2.21 bits per heavy atom. The lowest BCUT2D eigenvalue weighted by molar-refractivity contribution is -0.384. The van der Waals surface area contributed by atoms with Crippen molar-refractivity contribution in [3.8, 4) is 0 Å². The summed E-state index contributed by atoms with van der Waals surface area (Å²) in [5.74, 6) is 0. The number of aromatic nitrogens is 1. The molecule has 1 heterocycles. The first-order valence-electron chi connectivity index (χ1n) is 5.73. The number of nitro benzene ring substituents is 1. The van der Waals surface area contributed by atoms with E-state index < -0.39 is 0 Å². The fraction of sp³-hybridized carbons (Fsp3) is 0.154. The summed E-state index contributed by atoms with van der Waals surface area (Å²) in [6.45, 7) is 0.763. The summed E-state index contributed by atoms with van der Waals surface area (Å²) in [6.07, 6.45) is 4.44. The van der Waals surface area contributed by atoms with Gasteiger partial charge < -0.3 is 5.32 Å². The fourth-order valence-corrected chi connectivity index (χ4v) is 2.34. The van der Waals surface area contributed by atoms with Gasteiger partial charge in [-0.05, 0) is 46.7 Å². The van der Waals surface area contributed by atoms with E-state index >= 15 is 0 Å². The van der Waals surface area contributed by atoms with Crippen molar-refractivity contribution in [2.24, 2.45) is 0 Å². The van der Waals surface area contributed by atoms with Gasteiger partial charge in [-0.25, -0.2) is 0 Å². The zero-order chi connectivity index (χ0) is 13.7. The van der Waals surface area contributed by atoms with Crippen LogP contribution in [0.3, 0.4) is 0 Å². The van der Waals surface area contributed by atoms with Gasteiger partial charge in [-0.15, -0.1) is 0 Å². The van der Waals surface area contributed by atoms with Crippen molar-refractivity contribution in [2.45, 2.75) is 6.42 Å². The minimum atomic E-state index is -0.387. The van der Waals surface area contributed by atoms with Crippen molar-refractivity contribution in [2.75, 3.05) is 11.9 Å². The number of halogens is 1. The van der Waals surface area contributed by atoms with E-state index in [-0.39, 0.29) is 10.6 Å². The number of nitrogens with one attached hydrogen (secondary N) is 1. The Hall–Kier alpha value is -1.70. The topological polar surface area (TPSA) is 68.1 Å². The summed E-state index contributed by atoms with van der Waals surface area (Å²) in [6, 6.07) is 8.74. The molecule has 19 heavy (non-hydrogen) atoms. The molecule has 1 aromatic carbocycles. The normalized spacial score (nSPS) is 10.2. The first kappa shape index (κ1) is 13.7. The van der Waals surface area contributed by atoms with Crippen LogP contribution in [0.4, 0.5) is 11.4 Å². The number of anilines is 1. The molecular formula is C13H12IN3O2. The van der Waals surface area contributed by atoms with Crippen molar-refractivity contribution in [3.05, 3.63) is 62.0 Å². The summed E-state index contributed by atoms with van der Waals surface area (Å²) in [5.41, 5.74) is 2.18. The molecule has 0 bridgehead atoms. The summed E-state index contributed by atoms with van der Waals surface area (Å²) in [7, 11) is 0. The summed E-state index contributed by atoms with van der Waals surface area (Å²) < 4.78 is 0.845. The minimum absolute atomic E-state index is 0.113. The third-order valence-electron chi connectivity index (χ3n) is 2.62. The number of benzene rings is 1. The molecule has 0 aliphatic heterocycles. The van der Waals surface area contributed by atoms with Crippen molar-refractivity contribution >= 4 is 34.0 Å². The van der Waals surface area contributed by atoms with Crippen molar-refractivity contribution in [1.82, 2.24) is 4.98 Å². The SMILES string of the molecule is O=[N+]([O-])c1ccc(NCCc2cccnc2)c(I)c1. The lowest BCUT2D eigenvalue weighted by Crippen LogP contribution is -2.06. The second-order valence-electron chi connectivity index (χ2n) is 3.96. The zero-order valence-corrected chi connectivity index (χ0v) is 12.2. The van der Waals surface area contributed by atoms with Gasteiger partial charge >= 0.3 is 0 Å². The van der Waals surface area contributed by atoms with E-state index in [0.717, 1.165) is 27.8 Å². The van der Waals surface area contributed by atoms with Crippen LogP contribution in [0.5, 0.6) is 0 Å². The molecule has 0 fully saturated rings. The number of nitrogens with zero attached hydrogens (tertiary/aromatic N) is 2. The van der Waals surface area contributed by atoms with Crippen LogP contribution in [0.2, 0.25) is 0 Å². The molecule has 2 aromatic rings. The average Bonchev–Trinajstić information content (AvgIpc) is 2.41. The molecule has 5 nitrogen and oxygen atoms in total. The highest BCUT2D eigenvalue weighted by molar-refractivity contribution is 14.1. The Labute approximate surface area is 124 Å². The average molecular weight is 369 g/mol. The van der Waals surface area contributed by atoms with Gasteiger partial charge in [0, 0.05) is 40.3 Å². The highest BCUT2D eigenvalue weighted by atomic mass is 127. The summed E-state index contributed by atoms with van der Waals surface area (Å²) in [5, 5.41) is 13.9. The Morgan fingerprint density at radius 1 is 1.37 bits per heavy atom. The van der Waals surface area contributed by atoms with E-state index in [4.69, 9.17) is 0 Å². The Balaban J connectivity index is 1.95. The summed E-state index contributed by atoms with van der Waals surface area (Å²) in [4.78, 5) is 14.3. The molecule has 0 saturated heterocycles. The van der Waals surface area contributed by atoms with Gasteiger partial charge in [0.05, 0.1) is 4.92 Å². The van der Waals surface area contributed by atoms with Crippen LogP contribution >= 0.6 is 22.6 Å². The van der Waals surface area contributed by atoms with Crippen molar-refractivity contribution in [3.63, 3.8) is 0 Å². The van der Waals surface area contributed by atoms with E-state index in [2.05, 4.69) is 32.9 Å². The largest absolute Gasteiger partial charge is 0.384 e. The molecule has 0 amide bonds. The lowest BCUT2D eigenvalue weighted by Gasteiger charge is -2.08. The van der Waals surface area contributed by atoms with Gasteiger partial charge in [0.2, 0.25) is 0 Å². The number of hydrogen-bond acceptors (Lipinski definition) is 4.